The highest BCUT2D eigenvalue weighted by Gasteiger charge is 2.67. The second kappa shape index (κ2) is 5.29. The maximum absolute atomic E-state index is 13.1. The smallest absolute Gasteiger partial charge is 0.235 e. The SMILES string of the molecule is CC(=O)N(CN1C(=O)C2C3C=CC(C4CC34)C2C1=O)c1ccccc1C. The maximum atomic E-state index is 13.1. The van der Waals surface area contributed by atoms with Crippen molar-refractivity contribution >= 4 is 23.4 Å². The van der Waals surface area contributed by atoms with Gasteiger partial charge in [0.15, 0.2) is 0 Å². The monoisotopic (exact) mass is 350 g/mol. The van der Waals surface area contributed by atoms with Crippen molar-refractivity contribution in [1.29, 1.82) is 0 Å². The van der Waals surface area contributed by atoms with Crippen LogP contribution in [0.5, 0.6) is 0 Å². The van der Waals surface area contributed by atoms with Crippen molar-refractivity contribution in [2.75, 3.05) is 11.6 Å². The lowest BCUT2D eigenvalue weighted by Crippen LogP contribution is -2.44. The van der Waals surface area contributed by atoms with E-state index in [0.29, 0.717) is 11.8 Å². The van der Waals surface area contributed by atoms with Gasteiger partial charge < -0.3 is 0 Å². The van der Waals surface area contributed by atoms with E-state index in [4.69, 9.17) is 0 Å². The van der Waals surface area contributed by atoms with Crippen LogP contribution in [0.15, 0.2) is 36.4 Å². The normalized spacial score (nSPS) is 36.2. The van der Waals surface area contributed by atoms with Crippen molar-refractivity contribution in [1.82, 2.24) is 4.90 Å². The lowest BCUT2D eigenvalue weighted by atomic mass is 9.63. The molecule has 1 aromatic carbocycles. The summed E-state index contributed by atoms with van der Waals surface area (Å²) >= 11 is 0. The van der Waals surface area contributed by atoms with E-state index in [1.54, 1.807) is 4.90 Å². The van der Waals surface area contributed by atoms with Gasteiger partial charge in [-0.15, -0.1) is 0 Å². The van der Waals surface area contributed by atoms with E-state index in [1.807, 2.05) is 31.2 Å². The van der Waals surface area contributed by atoms with E-state index in [0.717, 1.165) is 17.7 Å². The Morgan fingerprint density at radius 2 is 1.65 bits per heavy atom. The van der Waals surface area contributed by atoms with Crippen molar-refractivity contribution in [3.63, 3.8) is 0 Å². The Bertz CT molecular complexity index is 825. The van der Waals surface area contributed by atoms with E-state index in [-0.39, 0.29) is 48.1 Å². The number of carbonyl (C=O) groups is 3. The molecular weight excluding hydrogens is 328 g/mol. The molecule has 0 N–H and O–H groups in total. The molecule has 0 aromatic heterocycles. The molecule has 1 heterocycles. The average Bonchev–Trinajstić information content (AvgIpc) is 3.40. The van der Waals surface area contributed by atoms with E-state index < -0.39 is 0 Å². The number of rotatable bonds is 3. The minimum Gasteiger partial charge on any atom is -0.294 e. The summed E-state index contributed by atoms with van der Waals surface area (Å²) < 4.78 is 0. The molecule has 3 amide bonds. The van der Waals surface area contributed by atoms with Crippen LogP contribution in [0, 0.1) is 42.4 Å². The molecule has 5 heteroatoms. The van der Waals surface area contributed by atoms with Crippen LogP contribution < -0.4 is 4.90 Å². The first-order valence-electron chi connectivity index (χ1n) is 9.36. The molecule has 1 aromatic rings. The number of likely N-dealkylation sites (tertiary alicyclic amines) is 1. The highest BCUT2D eigenvalue weighted by atomic mass is 16.2. The fourth-order valence-corrected chi connectivity index (χ4v) is 5.51. The lowest BCUT2D eigenvalue weighted by Gasteiger charge is -2.37. The Labute approximate surface area is 152 Å². The Kier molecular flexibility index (Phi) is 3.21. The number of hydrogen-bond acceptors (Lipinski definition) is 3. The molecule has 5 nitrogen and oxygen atoms in total. The molecular formula is C21H22N2O3. The zero-order valence-electron chi connectivity index (χ0n) is 15.0. The number of amides is 3. The predicted molar refractivity (Wildman–Crippen MR) is 95.8 cm³/mol. The fourth-order valence-electron chi connectivity index (χ4n) is 5.51. The van der Waals surface area contributed by atoms with Crippen LogP contribution in [0.3, 0.4) is 0 Å². The van der Waals surface area contributed by atoms with Gasteiger partial charge in [0.05, 0.1) is 11.8 Å². The second-order valence-electron chi connectivity index (χ2n) is 8.13. The van der Waals surface area contributed by atoms with Gasteiger partial charge in [-0.2, -0.15) is 0 Å². The van der Waals surface area contributed by atoms with Crippen LogP contribution in [0.2, 0.25) is 0 Å². The van der Waals surface area contributed by atoms with Gasteiger partial charge >= 0.3 is 0 Å². The van der Waals surface area contributed by atoms with Crippen molar-refractivity contribution in [3.05, 3.63) is 42.0 Å². The largest absolute Gasteiger partial charge is 0.294 e. The van der Waals surface area contributed by atoms with Gasteiger partial charge in [-0.25, -0.2) is 0 Å². The summed E-state index contributed by atoms with van der Waals surface area (Å²) in [6.45, 7) is 3.42. The average molecular weight is 350 g/mol. The van der Waals surface area contributed by atoms with E-state index >= 15 is 0 Å². The van der Waals surface area contributed by atoms with Crippen molar-refractivity contribution < 1.29 is 14.4 Å². The molecule has 2 saturated carbocycles. The van der Waals surface area contributed by atoms with Gasteiger partial charge in [0, 0.05) is 12.6 Å². The van der Waals surface area contributed by atoms with Crippen LogP contribution in [0.1, 0.15) is 18.9 Å². The number of para-hydroxylation sites is 1. The third-order valence-corrected chi connectivity index (χ3v) is 6.82. The molecule has 1 aliphatic heterocycles. The van der Waals surface area contributed by atoms with E-state index in [1.165, 1.54) is 11.8 Å². The van der Waals surface area contributed by atoms with Crippen molar-refractivity contribution in [2.45, 2.75) is 20.3 Å². The van der Waals surface area contributed by atoms with Crippen LogP contribution in [0.4, 0.5) is 5.69 Å². The van der Waals surface area contributed by atoms with Gasteiger partial charge in [-0.3, -0.25) is 24.2 Å². The number of aryl methyl sites for hydroxylation is 1. The predicted octanol–water partition coefficient (Wildman–Crippen LogP) is 2.36. The minimum absolute atomic E-state index is 0.0135. The number of imide groups is 1. The van der Waals surface area contributed by atoms with Gasteiger partial charge in [0.25, 0.3) is 0 Å². The van der Waals surface area contributed by atoms with Crippen molar-refractivity contribution in [2.24, 2.45) is 35.5 Å². The van der Waals surface area contributed by atoms with E-state index in [9.17, 15) is 14.4 Å². The van der Waals surface area contributed by atoms with Crippen LogP contribution in [-0.4, -0.2) is 29.3 Å². The number of hydrogen-bond donors (Lipinski definition) is 0. The summed E-state index contributed by atoms with van der Waals surface area (Å²) in [6, 6.07) is 7.56. The summed E-state index contributed by atoms with van der Waals surface area (Å²) in [5.41, 5.74) is 1.70. The number of allylic oxidation sites excluding steroid dienone is 2. The standard InChI is InChI=1S/C21H22N2O3/c1-11-5-3-4-6-17(11)22(12(2)24)10-23-20(25)18-13-7-8-14(16-9-15(13)16)19(18)21(23)26/h3-8,13-16,18-19H,9-10H2,1-2H3. The Morgan fingerprint density at radius 3 is 2.19 bits per heavy atom. The zero-order chi connectivity index (χ0) is 18.2. The molecule has 2 bridgehead atoms. The van der Waals surface area contributed by atoms with Crippen LogP contribution >= 0.6 is 0 Å². The van der Waals surface area contributed by atoms with Crippen LogP contribution in [-0.2, 0) is 14.4 Å². The molecule has 6 rings (SSSR count). The number of carbonyl (C=O) groups excluding carboxylic acids is 3. The van der Waals surface area contributed by atoms with Gasteiger partial charge in [0.2, 0.25) is 17.7 Å². The molecule has 134 valence electrons. The number of anilines is 1. The summed E-state index contributed by atoms with van der Waals surface area (Å²) in [4.78, 5) is 41.4. The summed E-state index contributed by atoms with van der Waals surface area (Å²) in [6.07, 6.45) is 5.48. The third-order valence-electron chi connectivity index (χ3n) is 6.82. The summed E-state index contributed by atoms with van der Waals surface area (Å²) in [7, 11) is 0. The summed E-state index contributed by atoms with van der Waals surface area (Å²) in [5.74, 6) is 0.805. The molecule has 0 radical (unpaired) electrons. The molecule has 26 heavy (non-hydrogen) atoms. The highest BCUT2D eigenvalue weighted by molar-refractivity contribution is 6.07. The topological polar surface area (TPSA) is 57.7 Å². The summed E-state index contributed by atoms with van der Waals surface area (Å²) in [5, 5.41) is 0. The number of nitrogens with zero attached hydrogens (tertiary/aromatic N) is 2. The molecule has 0 spiro atoms. The number of benzene rings is 1. The van der Waals surface area contributed by atoms with Gasteiger partial charge in [-0.1, -0.05) is 30.4 Å². The molecule has 5 aliphatic rings. The molecule has 6 unspecified atom stereocenters. The van der Waals surface area contributed by atoms with E-state index in [2.05, 4.69) is 12.2 Å². The Balaban J connectivity index is 1.46. The molecule has 1 saturated heterocycles. The van der Waals surface area contributed by atoms with Crippen LogP contribution in [0.25, 0.3) is 0 Å². The molecule has 6 atom stereocenters. The third kappa shape index (κ3) is 2.00. The maximum Gasteiger partial charge on any atom is 0.235 e. The quantitative estimate of drug-likeness (QED) is 0.621. The molecule has 3 fully saturated rings. The first-order valence-corrected chi connectivity index (χ1v) is 9.36. The first-order chi connectivity index (χ1) is 12.5. The second-order valence-corrected chi connectivity index (χ2v) is 8.13. The lowest BCUT2D eigenvalue weighted by molar-refractivity contribution is -0.140. The Hall–Kier alpha value is -2.43. The van der Waals surface area contributed by atoms with Gasteiger partial charge in [0.1, 0.15) is 6.67 Å². The minimum atomic E-state index is -0.216. The highest BCUT2D eigenvalue weighted by Crippen LogP contribution is 2.65. The molecule has 4 aliphatic carbocycles. The zero-order valence-corrected chi connectivity index (χ0v) is 15.0. The Morgan fingerprint density at radius 1 is 1.08 bits per heavy atom. The first kappa shape index (κ1) is 15.8. The van der Waals surface area contributed by atoms with Crippen molar-refractivity contribution in [3.8, 4) is 0 Å². The fraction of sp³-hybridized carbons (Fsp3) is 0.476. The van der Waals surface area contributed by atoms with Gasteiger partial charge in [-0.05, 0) is 48.6 Å².